The standard InChI is InChI=1S/C15H15NO5/c17-15(18)9-16(8-12-2-1-5-19-12)7-11-3-4-13-14(6-11)21-10-20-13/h1-6H,7-10H2,(H,17,18). The highest BCUT2D eigenvalue weighted by molar-refractivity contribution is 5.65. The van der Waals surface area contributed by atoms with Gasteiger partial charge in [-0.1, -0.05) is 0 Å². The first-order valence-electron chi connectivity index (χ1n) is 6.65. The highest BCUT2D eigenvalue weighted by Gasteiger charge is 2.17. The van der Waals surface area contributed by atoms with E-state index in [1.807, 2.05) is 24.3 Å². The minimum Gasteiger partial charge on any atom is -0.544 e. The maximum absolute atomic E-state index is 10.9. The third-order valence-electron chi connectivity index (χ3n) is 3.29. The van der Waals surface area contributed by atoms with E-state index in [9.17, 15) is 9.90 Å². The van der Waals surface area contributed by atoms with Crippen LogP contribution in [0.4, 0.5) is 0 Å². The van der Waals surface area contributed by atoms with Crippen molar-refractivity contribution in [2.45, 2.75) is 13.1 Å². The Morgan fingerprint density at radius 1 is 1.19 bits per heavy atom. The van der Waals surface area contributed by atoms with Gasteiger partial charge in [0.25, 0.3) is 0 Å². The number of furan rings is 1. The fourth-order valence-corrected chi connectivity index (χ4v) is 2.39. The van der Waals surface area contributed by atoms with Crippen molar-refractivity contribution < 1.29 is 28.7 Å². The highest BCUT2D eigenvalue weighted by Crippen LogP contribution is 2.32. The largest absolute Gasteiger partial charge is 0.544 e. The molecule has 0 saturated heterocycles. The van der Waals surface area contributed by atoms with E-state index < -0.39 is 5.97 Å². The molecule has 1 atom stereocenters. The first kappa shape index (κ1) is 13.5. The van der Waals surface area contributed by atoms with E-state index in [0.717, 1.165) is 16.2 Å². The van der Waals surface area contributed by atoms with Gasteiger partial charge in [0, 0.05) is 5.56 Å². The zero-order valence-corrected chi connectivity index (χ0v) is 11.3. The summed E-state index contributed by atoms with van der Waals surface area (Å²) < 4.78 is 15.9. The summed E-state index contributed by atoms with van der Waals surface area (Å²) in [4.78, 5) is 11.7. The second-order valence-electron chi connectivity index (χ2n) is 4.92. The number of carboxylic acid groups (broad SMARTS) is 1. The van der Waals surface area contributed by atoms with Crippen LogP contribution in [0, 0.1) is 0 Å². The second kappa shape index (κ2) is 5.88. The number of carbonyl (C=O) groups excluding carboxylic acids is 1. The Morgan fingerprint density at radius 3 is 2.81 bits per heavy atom. The number of benzene rings is 1. The minimum atomic E-state index is -1.09. The van der Waals surface area contributed by atoms with Crippen LogP contribution in [0.3, 0.4) is 0 Å². The third kappa shape index (κ3) is 3.35. The van der Waals surface area contributed by atoms with Crippen LogP contribution in [0.25, 0.3) is 0 Å². The van der Waals surface area contributed by atoms with Gasteiger partial charge in [0.15, 0.2) is 17.3 Å². The topological polar surface area (TPSA) is 76.2 Å². The van der Waals surface area contributed by atoms with Gasteiger partial charge in [0.1, 0.15) is 19.6 Å². The van der Waals surface area contributed by atoms with Gasteiger partial charge in [-0.3, -0.25) is 0 Å². The van der Waals surface area contributed by atoms with Crippen LogP contribution in [0.15, 0.2) is 41.0 Å². The van der Waals surface area contributed by atoms with Crippen LogP contribution in [0.5, 0.6) is 11.5 Å². The predicted octanol–water partition coefficient (Wildman–Crippen LogP) is -0.657. The molecule has 6 heteroatoms. The van der Waals surface area contributed by atoms with Gasteiger partial charge >= 0.3 is 0 Å². The van der Waals surface area contributed by atoms with Crippen molar-refractivity contribution in [3.63, 3.8) is 0 Å². The number of ether oxygens (including phenoxy) is 2. The number of fused-ring (bicyclic) bond motifs is 1. The number of aliphatic carboxylic acids is 1. The molecule has 2 heterocycles. The van der Waals surface area contributed by atoms with Crippen LogP contribution in [0.1, 0.15) is 11.3 Å². The van der Waals surface area contributed by atoms with Crippen molar-refractivity contribution in [1.29, 1.82) is 0 Å². The lowest BCUT2D eigenvalue weighted by atomic mass is 10.2. The Balaban J connectivity index is 1.72. The van der Waals surface area contributed by atoms with Gasteiger partial charge in [-0.25, -0.2) is 0 Å². The summed E-state index contributed by atoms with van der Waals surface area (Å²) >= 11 is 0. The molecule has 0 saturated carbocycles. The normalized spacial score (nSPS) is 14.1. The Hall–Kier alpha value is -2.47. The zero-order chi connectivity index (χ0) is 14.7. The summed E-state index contributed by atoms with van der Waals surface area (Å²) in [7, 11) is 0. The van der Waals surface area contributed by atoms with Crippen LogP contribution in [-0.2, 0) is 17.9 Å². The van der Waals surface area contributed by atoms with E-state index in [2.05, 4.69) is 0 Å². The summed E-state index contributed by atoms with van der Waals surface area (Å²) in [5.74, 6) is 1.06. The molecule has 0 amide bonds. The van der Waals surface area contributed by atoms with Crippen molar-refractivity contribution in [1.82, 2.24) is 0 Å². The Morgan fingerprint density at radius 2 is 2.05 bits per heavy atom. The number of carbonyl (C=O) groups is 1. The fourth-order valence-electron chi connectivity index (χ4n) is 2.39. The summed E-state index contributed by atoms with van der Waals surface area (Å²) in [6.07, 6.45) is 1.58. The van der Waals surface area contributed by atoms with Crippen LogP contribution in [-0.4, -0.2) is 19.3 Å². The molecule has 1 aliphatic rings. The molecule has 1 aromatic heterocycles. The SMILES string of the molecule is O=C([O-])C[NH+](Cc1ccc2c(c1)OCO2)Cc1ccco1. The number of carboxylic acids is 1. The van der Waals surface area contributed by atoms with Crippen LogP contribution < -0.4 is 19.5 Å². The summed E-state index contributed by atoms with van der Waals surface area (Å²) in [6.45, 7) is 1.15. The average molecular weight is 289 g/mol. The molecule has 2 aromatic rings. The van der Waals surface area contributed by atoms with E-state index in [1.54, 1.807) is 12.3 Å². The Labute approximate surface area is 121 Å². The quantitative estimate of drug-likeness (QED) is 0.764. The molecule has 0 radical (unpaired) electrons. The minimum absolute atomic E-state index is 0.0882. The lowest BCUT2D eigenvalue weighted by Crippen LogP contribution is -3.10. The van der Waals surface area contributed by atoms with Gasteiger partial charge in [0.2, 0.25) is 6.79 Å². The molecule has 0 bridgehead atoms. The van der Waals surface area contributed by atoms with Gasteiger partial charge in [-0.05, 0) is 30.3 Å². The smallest absolute Gasteiger partial charge is 0.231 e. The first-order chi connectivity index (χ1) is 10.2. The lowest BCUT2D eigenvalue weighted by molar-refractivity contribution is -0.922. The van der Waals surface area contributed by atoms with Crippen molar-refractivity contribution in [2.24, 2.45) is 0 Å². The van der Waals surface area contributed by atoms with Gasteiger partial charge in [-0.2, -0.15) is 0 Å². The molecule has 21 heavy (non-hydrogen) atoms. The van der Waals surface area contributed by atoms with Crippen LogP contribution >= 0.6 is 0 Å². The number of rotatable bonds is 6. The summed E-state index contributed by atoms with van der Waals surface area (Å²) in [6, 6.07) is 9.23. The van der Waals surface area contributed by atoms with Crippen molar-refractivity contribution >= 4 is 5.97 Å². The molecular weight excluding hydrogens is 274 g/mol. The third-order valence-corrected chi connectivity index (χ3v) is 3.29. The molecule has 0 aliphatic carbocycles. The number of nitrogens with one attached hydrogen (secondary N) is 1. The summed E-state index contributed by atoms with van der Waals surface area (Å²) in [5, 5.41) is 10.9. The maximum Gasteiger partial charge on any atom is 0.231 e. The van der Waals surface area contributed by atoms with Crippen molar-refractivity contribution in [3.05, 3.63) is 47.9 Å². The van der Waals surface area contributed by atoms with E-state index in [4.69, 9.17) is 13.9 Å². The molecule has 6 nitrogen and oxygen atoms in total. The molecule has 0 spiro atoms. The number of hydrogen-bond donors (Lipinski definition) is 1. The van der Waals surface area contributed by atoms with Gasteiger partial charge in [0.05, 0.1) is 12.2 Å². The molecule has 3 rings (SSSR count). The molecular formula is C15H15NO5. The van der Waals surface area contributed by atoms with Crippen LogP contribution in [0.2, 0.25) is 0 Å². The molecule has 0 fully saturated rings. The van der Waals surface area contributed by atoms with E-state index in [1.165, 1.54) is 0 Å². The predicted molar refractivity (Wildman–Crippen MR) is 69.5 cm³/mol. The second-order valence-corrected chi connectivity index (χ2v) is 4.92. The first-order valence-corrected chi connectivity index (χ1v) is 6.65. The average Bonchev–Trinajstić information content (AvgIpc) is 3.08. The van der Waals surface area contributed by atoms with Gasteiger partial charge < -0.3 is 28.7 Å². The Bertz CT molecular complexity index is 623. The molecule has 1 unspecified atom stereocenters. The van der Waals surface area contributed by atoms with E-state index >= 15 is 0 Å². The monoisotopic (exact) mass is 289 g/mol. The number of quaternary nitrogens is 1. The molecule has 1 N–H and O–H groups in total. The maximum atomic E-state index is 10.9. The molecule has 1 aliphatic heterocycles. The number of hydrogen-bond acceptors (Lipinski definition) is 5. The highest BCUT2D eigenvalue weighted by atomic mass is 16.7. The van der Waals surface area contributed by atoms with E-state index in [-0.39, 0.29) is 13.3 Å². The van der Waals surface area contributed by atoms with Gasteiger partial charge in [-0.15, -0.1) is 0 Å². The molecule has 1 aromatic carbocycles. The van der Waals surface area contributed by atoms with E-state index in [0.29, 0.717) is 24.6 Å². The summed E-state index contributed by atoms with van der Waals surface area (Å²) in [5.41, 5.74) is 0.974. The fraction of sp³-hybridized carbons (Fsp3) is 0.267. The Kier molecular flexibility index (Phi) is 3.79. The lowest BCUT2D eigenvalue weighted by Gasteiger charge is -2.19. The molecule has 110 valence electrons. The zero-order valence-electron chi connectivity index (χ0n) is 11.3. The van der Waals surface area contributed by atoms with Crippen molar-refractivity contribution in [2.75, 3.05) is 13.3 Å². The van der Waals surface area contributed by atoms with Crippen molar-refractivity contribution in [3.8, 4) is 11.5 Å².